The minimum atomic E-state index is -4.41. The van der Waals surface area contributed by atoms with Crippen molar-refractivity contribution in [3.8, 4) is 0 Å². The number of aryl methyl sites for hydroxylation is 1. The highest BCUT2D eigenvalue weighted by Crippen LogP contribution is 2.27. The smallest absolute Gasteiger partial charge is 0.410 e. The number of amides is 3. The third-order valence-corrected chi connectivity index (χ3v) is 6.02. The van der Waals surface area contributed by atoms with Gasteiger partial charge < -0.3 is 25.3 Å². The van der Waals surface area contributed by atoms with E-state index >= 15 is 0 Å². The second-order valence-corrected chi connectivity index (χ2v) is 9.53. The number of hydrogen-bond acceptors (Lipinski definition) is 6. The van der Waals surface area contributed by atoms with E-state index in [4.69, 9.17) is 4.74 Å². The standard InChI is InChI=1S/C27H30F4N6O5/c1-32-22(38)7-5-4-6-21(42-26(41)36(2)3)24(39)35-20-13-33-15-37(25(20)40)14-19-12-17-11-18(28)10-16(23(17)34-19)8-9-27(29,30)31/h5,7,10-13,15,21,34H,4,6,8-9,14H2,1-3H3,(H,32,38)(H,35,39)/b7-5+/t21-/m0/s1. The van der Waals surface area contributed by atoms with Crippen molar-refractivity contribution in [2.75, 3.05) is 26.5 Å². The zero-order chi connectivity index (χ0) is 31.0. The number of carbonyl (C=O) groups is 3. The minimum absolute atomic E-state index is 0.00958. The molecule has 3 amide bonds. The molecule has 3 aromatic rings. The maximum absolute atomic E-state index is 14.1. The number of carbonyl (C=O) groups excluding carboxylic acids is 3. The summed E-state index contributed by atoms with van der Waals surface area (Å²) in [5.41, 5.74) is -0.0439. The van der Waals surface area contributed by atoms with Crippen molar-refractivity contribution in [2.45, 2.75) is 44.5 Å². The Morgan fingerprint density at radius 3 is 2.62 bits per heavy atom. The van der Waals surface area contributed by atoms with Gasteiger partial charge in [-0.1, -0.05) is 6.08 Å². The number of nitrogens with one attached hydrogen (secondary N) is 3. The molecule has 0 radical (unpaired) electrons. The van der Waals surface area contributed by atoms with Crippen molar-refractivity contribution in [3.63, 3.8) is 0 Å². The van der Waals surface area contributed by atoms with Crippen LogP contribution in [0.25, 0.3) is 10.9 Å². The highest BCUT2D eigenvalue weighted by atomic mass is 19.4. The summed E-state index contributed by atoms with van der Waals surface area (Å²) in [5, 5.41) is 5.16. The minimum Gasteiger partial charge on any atom is -0.436 e. The van der Waals surface area contributed by atoms with Gasteiger partial charge in [0.15, 0.2) is 6.10 Å². The number of aromatic amines is 1. The fourth-order valence-corrected chi connectivity index (χ4v) is 3.93. The molecule has 2 aromatic heterocycles. The van der Waals surface area contributed by atoms with Gasteiger partial charge in [-0.05, 0) is 49.1 Å². The Labute approximate surface area is 237 Å². The molecule has 0 unspecified atom stereocenters. The second-order valence-electron chi connectivity index (χ2n) is 9.53. The molecular weight excluding hydrogens is 564 g/mol. The van der Waals surface area contributed by atoms with E-state index in [0.717, 1.165) is 21.7 Å². The van der Waals surface area contributed by atoms with Crippen molar-refractivity contribution >= 4 is 34.5 Å². The van der Waals surface area contributed by atoms with Crippen molar-refractivity contribution in [3.05, 3.63) is 70.3 Å². The number of rotatable bonds is 11. The number of halogens is 4. The van der Waals surface area contributed by atoms with Gasteiger partial charge in [-0.3, -0.25) is 19.0 Å². The molecule has 42 heavy (non-hydrogen) atoms. The molecule has 0 aliphatic carbocycles. The lowest BCUT2D eigenvalue weighted by molar-refractivity contribution is -0.134. The number of likely N-dealkylation sites (N-methyl/N-ethyl adjacent to an activating group) is 1. The van der Waals surface area contributed by atoms with Crippen LogP contribution in [0.5, 0.6) is 0 Å². The van der Waals surface area contributed by atoms with Gasteiger partial charge in [0.2, 0.25) is 5.91 Å². The molecule has 1 atom stereocenters. The second kappa shape index (κ2) is 13.8. The molecule has 0 aliphatic rings. The quantitative estimate of drug-likeness (QED) is 0.230. The van der Waals surface area contributed by atoms with Crippen LogP contribution in [-0.4, -0.2) is 70.8 Å². The number of alkyl halides is 3. The SMILES string of the molecule is CNC(=O)/C=C/CC[C@H](OC(=O)N(C)C)C(=O)Nc1cncn(Cc2cc3cc(F)cc(CCC(F)(F)F)c3[nH]2)c1=O. The van der Waals surface area contributed by atoms with Crippen molar-refractivity contribution in [1.29, 1.82) is 0 Å². The molecule has 3 rings (SSSR count). The van der Waals surface area contributed by atoms with Crippen molar-refractivity contribution < 1.29 is 36.7 Å². The van der Waals surface area contributed by atoms with E-state index in [9.17, 15) is 36.7 Å². The molecule has 0 saturated carbocycles. The molecule has 15 heteroatoms. The molecule has 0 saturated heterocycles. The lowest BCUT2D eigenvalue weighted by Crippen LogP contribution is -2.37. The van der Waals surface area contributed by atoms with Crippen LogP contribution in [0.2, 0.25) is 0 Å². The van der Waals surface area contributed by atoms with Crippen molar-refractivity contribution in [1.82, 2.24) is 24.8 Å². The number of aromatic nitrogens is 3. The molecule has 226 valence electrons. The van der Waals surface area contributed by atoms with Crippen molar-refractivity contribution in [2.24, 2.45) is 0 Å². The van der Waals surface area contributed by atoms with E-state index < -0.39 is 48.5 Å². The van der Waals surface area contributed by atoms with E-state index in [1.165, 1.54) is 51.8 Å². The van der Waals surface area contributed by atoms with Gasteiger partial charge >= 0.3 is 12.3 Å². The lowest BCUT2D eigenvalue weighted by Gasteiger charge is -2.19. The average molecular weight is 595 g/mol. The number of benzene rings is 1. The van der Waals surface area contributed by atoms with Gasteiger partial charge in [0.25, 0.3) is 11.5 Å². The first-order valence-corrected chi connectivity index (χ1v) is 12.8. The highest BCUT2D eigenvalue weighted by Gasteiger charge is 2.27. The molecule has 0 spiro atoms. The summed E-state index contributed by atoms with van der Waals surface area (Å²) >= 11 is 0. The first-order chi connectivity index (χ1) is 19.8. The molecule has 3 N–H and O–H groups in total. The fourth-order valence-electron chi connectivity index (χ4n) is 3.93. The maximum atomic E-state index is 14.1. The molecular formula is C27H30F4N6O5. The Bertz CT molecular complexity index is 1530. The van der Waals surface area contributed by atoms with E-state index in [1.807, 2.05) is 0 Å². The highest BCUT2D eigenvalue weighted by molar-refractivity contribution is 5.95. The summed E-state index contributed by atoms with van der Waals surface area (Å²) in [7, 11) is 4.32. The number of anilines is 1. The van der Waals surface area contributed by atoms with Crippen LogP contribution in [0, 0.1) is 5.82 Å². The summed E-state index contributed by atoms with van der Waals surface area (Å²) in [4.78, 5) is 57.6. The lowest BCUT2D eigenvalue weighted by atomic mass is 10.1. The normalized spacial score (nSPS) is 12.4. The van der Waals surface area contributed by atoms with Crippen LogP contribution >= 0.6 is 0 Å². The van der Waals surface area contributed by atoms with Gasteiger partial charge in [-0.25, -0.2) is 14.2 Å². The van der Waals surface area contributed by atoms with Crippen LogP contribution in [-0.2, 0) is 27.3 Å². The summed E-state index contributed by atoms with van der Waals surface area (Å²) in [6.07, 6.45) is -2.78. The number of allylic oxidation sites excluding steroid dienone is 1. The van der Waals surface area contributed by atoms with Crippen LogP contribution in [0.15, 0.2) is 47.7 Å². The van der Waals surface area contributed by atoms with E-state index in [-0.39, 0.29) is 36.5 Å². The number of fused-ring (bicyclic) bond motifs is 1. The number of H-pyrrole nitrogens is 1. The van der Waals surface area contributed by atoms with Gasteiger partial charge in [-0.15, -0.1) is 0 Å². The molecule has 2 heterocycles. The van der Waals surface area contributed by atoms with E-state index in [2.05, 4.69) is 20.6 Å². The van der Waals surface area contributed by atoms with Gasteiger partial charge in [0.1, 0.15) is 11.5 Å². The van der Waals surface area contributed by atoms with Crippen LogP contribution in [0.4, 0.5) is 28.0 Å². The largest absolute Gasteiger partial charge is 0.436 e. The molecule has 1 aromatic carbocycles. The fraction of sp³-hybridized carbons (Fsp3) is 0.370. The molecule has 0 bridgehead atoms. The predicted molar refractivity (Wildman–Crippen MR) is 145 cm³/mol. The van der Waals surface area contributed by atoms with Crippen LogP contribution < -0.4 is 16.2 Å². The van der Waals surface area contributed by atoms with Crippen LogP contribution in [0.3, 0.4) is 0 Å². The Balaban J connectivity index is 1.80. The van der Waals surface area contributed by atoms with Gasteiger partial charge in [-0.2, -0.15) is 13.2 Å². The number of ether oxygens (including phenoxy) is 1. The Kier molecular flexibility index (Phi) is 10.4. The van der Waals surface area contributed by atoms with E-state index in [0.29, 0.717) is 16.6 Å². The Hall–Kier alpha value is -4.69. The van der Waals surface area contributed by atoms with Gasteiger partial charge in [0, 0.05) is 44.2 Å². The number of hydrogen-bond donors (Lipinski definition) is 3. The third kappa shape index (κ3) is 8.91. The molecule has 11 nitrogen and oxygen atoms in total. The van der Waals surface area contributed by atoms with Gasteiger partial charge in [0.05, 0.1) is 19.1 Å². The molecule has 0 fully saturated rings. The first kappa shape index (κ1) is 31.8. The average Bonchev–Trinajstić information content (AvgIpc) is 3.32. The Morgan fingerprint density at radius 1 is 1.21 bits per heavy atom. The predicted octanol–water partition coefficient (Wildman–Crippen LogP) is 3.49. The summed E-state index contributed by atoms with van der Waals surface area (Å²) in [6.45, 7) is -0.117. The first-order valence-electron chi connectivity index (χ1n) is 12.8. The molecule has 0 aliphatic heterocycles. The summed E-state index contributed by atoms with van der Waals surface area (Å²) in [6, 6.07) is 3.71. The third-order valence-electron chi connectivity index (χ3n) is 6.02. The topological polar surface area (TPSA) is 138 Å². The number of nitrogens with zero attached hydrogens (tertiary/aromatic N) is 3. The Morgan fingerprint density at radius 2 is 1.95 bits per heavy atom. The zero-order valence-corrected chi connectivity index (χ0v) is 23.0. The van der Waals surface area contributed by atoms with E-state index in [1.54, 1.807) is 0 Å². The monoisotopic (exact) mass is 594 g/mol. The van der Waals surface area contributed by atoms with Crippen LogP contribution in [0.1, 0.15) is 30.5 Å². The summed E-state index contributed by atoms with van der Waals surface area (Å²) in [5.74, 6) is -1.84. The maximum Gasteiger partial charge on any atom is 0.410 e. The zero-order valence-electron chi connectivity index (χ0n) is 23.0. The summed E-state index contributed by atoms with van der Waals surface area (Å²) < 4.78 is 58.7.